The van der Waals surface area contributed by atoms with Crippen LogP contribution in [0, 0.1) is 0 Å². The molecule has 0 atom stereocenters. The molecule has 2 aromatic heterocycles. The summed E-state index contributed by atoms with van der Waals surface area (Å²) >= 11 is 7.80. The number of likely N-dealkylation sites (tertiary alicyclic amines) is 1. The number of hydrogen-bond donors (Lipinski definition) is 0. The zero-order chi connectivity index (χ0) is 22.9. The zero-order valence-corrected chi connectivity index (χ0v) is 19.8. The third-order valence-corrected chi connectivity index (χ3v) is 7.33. The smallest absolute Gasteiger partial charge is 0.276 e. The molecule has 170 valence electrons. The maximum Gasteiger partial charge on any atom is 0.276 e. The minimum Gasteiger partial charge on any atom is -0.497 e. The Morgan fingerprint density at radius 2 is 1.94 bits per heavy atom. The Hall–Kier alpha value is -3.10. The maximum absolute atomic E-state index is 13.1. The van der Waals surface area contributed by atoms with Crippen molar-refractivity contribution in [1.82, 2.24) is 15.0 Å². The summed E-state index contributed by atoms with van der Waals surface area (Å²) in [4.78, 5) is 19.7. The predicted molar refractivity (Wildman–Crippen MR) is 128 cm³/mol. The number of fused-ring (bicyclic) bond motifs is 1. The number of benzene rings is 2. The van der Waals surface area contributed by atoms with Crippen LogP contribution in [0.5, 0.6) is 11.5 Å². The molecule has 0 radical (unpaired) electrons. The van der Waals surface area contributed by atoms with Crippen LogP contribution < -0.4 is 9.47 Å². The fourth-order valence-electron chi connectivity index (χ4n) is 4.09. The molecule has 4 aromatic rings. The summed E-state index contributed by atoms with van der Waals surface area (Å²) in [6, 6.07) is 12.8. The number of thiazole rings is 1. The normalized spacial score (nSPS) is 14.6. The summed E-state index contributed by atoms with van der Waals surface area (Å²) in [6.07, 6.45) is 1.71. The minimum absolute atomic E-state index is 0.138. The Morgan fingerprint density at radius 3 is 2.70 bits per heavy atom. The molecular formula is C24H22ClN3O4S. The second kappa shape index (κ2) is 9.03. The van der Waals surface area contributed by atoms with E-state index in [4.69, 9.17) is 30.6 Å². The van der Waals surface area contributed by atoms with Crippen LogP contribution in [0.2, 0.25) is 5.02 Å². The lowest BCUT2D eigenvalue weighted by Gasteiger charge is -2.30. The Morgan fingerprint density at radius 1 is 1.12 bits per heavy atom. The second-order valence-electron chi connectivity index (χ2n) is 7.87. The standard InChI is InChI=1S/C24H22ClN3O4S/c1-30-16-4-5-20(31-2)17(12-16)21-13-19(27-32-21)24(29)28-9-7-14(8-10-28)23-26-18-11-15(25)3-6-22(18)33-23/h3-6,11-14H,7-10H2,1-2H3. The van der Waals surface area contributed by atoms with Gasteiger partial charge in [-0.3, -0.25) is 4.79 Å². The van der Waals surface area contributed by atoms with Gasteiger partial charge in [0.25, 0.3) is 5.91 Å². The summed E-state index contributed by atoms with van der Waals surface area (Å²) in [5, 5.41) is 5.83. The van der Waals surface area contributed by atoms with Crippen molar-refractivity contribution in [2.24, 2.45) is 0 Å². The van der Waals surface area contributed by atoms with Crippen molar-refractivity contribution in [1.29, 1.82) is 0 Å². The van der Waals surface area contributed by atoms with Gasteiger partial charge in [0.15, 0.2) is 11.5 Å². The summed E-state index contributed by atoms with van der Waals surface area (Å²) in [6.45, 7) is 1.29. The largest absolute Gasteiger partial charge is 0.497 e. The number of nitrogens with zero attached hydrogens (tertiary/aromatic N) is 3. The molecule has 0 saturated carbocycles. The van der Waals surface area contributed by atoms with E-state index in [-0.39, 0.29) is 11.6 Å². The van der Waals surface area contributed by atoms with Crippen molar-refractivity contribution < 1.29 is 18.8 Å². The topological polar surface area (TPSA) is 77.7 Å². The molecule has 1 aliphatic rings. The van der Waals surface area contributed by atoms with Crippen LogP contribution in [0.4, 0.5) is 0 Å². The number of piperidine rings is 1. The van der Waals surface area contributed by atoms with Crippen LogP contribution in [-0.2, 0) is 0 Å². The van der Waals surface area contributed by atoms with Crippen LogP contribution in [0.25, 0.3) is 21.5 Å². The minimum atomic E-state index is -0.138. The van der Waals surface area contributed by atoms with E-state index in [1.165, 1.54) is 0 Å². The van der Waals surface area contributed by atoms with Crippen molar-refractivity contribution in [3.05, 3.63) is 58.2 Å². The van der Waals surface area contributed by atoms with E-state index in [0.29, 0.717) is 46.9 Å². The lowest BCUT2D eigenvalue weighted by Crippen LogP contribution is -2.38. The van der Waals surface area contributed by atoms with E-state index in [0.717, 1.165) is 28.1 Å². The zero-order valence-electron chi connectivity index (χ0n) is 18.2. The van der Waals surface area contributed by atoms with Crippen molar-refractivity contribution in [3.63, 3.8) is 0 Å². The van der Waals surface area contributed by atoms with Crippen LogP contribution in [-0.4, -0.2) is 48.3 Å². The molecule has 1 fully saturated rings. The number of methoxy groups -OCH3 is 2. The van der Waals surface area contributed by atoms with Gasteiger partial charge in [0.05, 0.1) is 35.0 Å². The molecule has 1 saturated heterocycles. The first kappa shape index (κ1) is 21.7. The Labute approximate surface area is 199 Å². The molecule has 1 aliphatic heterocycles. The monoisotopic (exact) mass is 483 g/mol. The van der Waals surface area contributed by atoms with Crippen LogP contribution >= 0.6 is 22.9 Å². The van der Waals surface area contributed by atoms with Gasteiger partial charge in [-0.1, -0.05) is 16.8 Å². The van der Waals surface area contributed by atoms with Gasteiger partial charge in [0.2, 0.25) is 0 Å². The Balaban J connectivity index is 1.28. The van der Waals surface area contributed by atoms with Gasteiger partial charge < -0.3 is 18.9 Å². The molecular weight excluding hydrogens is 462 g/mol. The highest BCUT2D eigenvalue weighted by atomic mass is 35.5. The van der Waals surface area contributed by atoms with Crippen molar-refractivity contribution in [2.45, 2.75) is 18.8 Å². The molecule has 3 heterocycles. The maximum atomic E-state index is 13.1. The molecule has 1 amide bonds. The summed E-state index contributed by atoms with van der Waals surface area (Å²) in [5.74, 6) is 1.93. The van der Waals surface area contributed by atoms with Gasteiger partial charge in [-0.05, 0) is 49.2 Å². The highest BCUT2D eigenvalue weighted by Gasteiger charge is 2.28. The van der Waals surface area contributed by atoms with Crippen LogP contribution in [0.1, 0.15) is 34.3 Å². The number of aromatic nitrogens is 2. The highest BCUT2D eigenvalue weighted by Crippen LogP contribution is 2.36. The number of amides is 1. The summed E-state index contributed by atoms with van der Waals surface area (Å²) < 4.78 is 17.3. The van der Waals surface area contributed by atoms with E-state index in [1.54, 1.807) is 49.8 Å². The van der Waals surface area contributed by atoms with Crippen LogP contribution in [0.3, 0.4) is 0 Å². The third kappa shape index (κ3) is 4.28. The average molecular weight is 484 g/mol. The van der Waals surface area contributed by atoms with Gasteiger partial charge in [-0.2, -0.15) is 0 Å². The van der Waals surface area contributed by atoms with E-state index in [1.807, 2.05) is 23.1 Å². The molecule has 0 aliphatic carbocycles. The van der Waals surface area contributed by atoms with E-state index in [9.17, 15) is 4.79 Å². The molecule has 0 bridgehead atoms. The van der Waals surface area contributed by atoms with E-state index in [2.05, 4.69) is 5.16 Å². The SMILES string of the molecule is COc1ccc(OC)c(-c2cc(C(=O)N3CCC(c4nc5cc(Cl)ccc5s4)CC3)no2)c1. The Bertz CT molecular complexity index is 1310. The first-order valence-corrected chi connectivity index (χ1v) is 11.8. The first-order chi connectivity index (χ1) is 16.1. The lowest BCUT2D eigenvalue weighted by atomic mass is 9.97. The quantitative estimate of drug-likeness (QED) is 0.365. The highest BCUT2D eigenvalue weighted by molar-refractivity contribution is 7.18. The third-order valence-electron chi connectivity index (χ3n) is 5.90. The number of ether oxygens (including phenoxy) is 2. The van der Waals surface area contributed by atoms with Gasteiger partial charge in [0.1, 0.15) is 11.5 Å². The predicted octanol–water partition coefficient (Wildman–Crippen LogP) is 5.64. The first-order valence-electron chi connectivity index (χ1n) is 10.6. The number of rotatable bonds is 5. The number of carbonyl (C=O) groups excluding carboxylic acids is 1. The molecule has 33 heavy (non-hydrogen) atoms. The summed E-state index contributed by atoms with van der Waals surface area (Å²) in [5.41, 5.74) is 1.89. The second-order valence-corrected chi connectivity index (χ2v) is 9.37. The average Bonchev–Trinajstić information content (AvgIpc) is 3.50. The van der Waals surface area contributed by atoms with Crippen molar-refractivity contribution >= 4 is 39.1 Å². The molecule has 9 heteroatoms. The van der Waals surface area contributed by atoms with Crippen molar-refractivity contribution in [3.8, 4) is 22.8 Å². The number of halogens is 1. The van der Waals surface area contributed by atoms with Gasteiger partial charge in [-0.15, -0.1) is 11.3 Å². The van der Waals surface area contributed by atoms with E-state index < -0.39 is 0 Å². The molecule has 2 aromatic carbocycles. The fraction of sp³-hybridized carbons (Fsp3) is 0.292. The Kier molecular flexibility index (Phi) is 5.95. The van der Waals surface area contributed by atoms with E-state index >= 15 is 0 Å². The molecule has 5 rings (SSSR count). The summed E-state index contributed by atoms with van der Waals surface area (Å²) in [7, 11) is 3.17. The molecule has 0 unspecified atom stereocenters. The van der Waals surface area contributed by atoms with Gasteiger partial charge >= 0.3 is 0 Å². The fourth-order valence-corrected chi connectivity index (χ4v) is 5.38. The molecule has 0 N–H and O–H groups in total. The lowest BCUT2D eigenvalue weighted by molar-refractivity contribution is 0.0702. The number of hydrogen-bond acceptors (Lipinski definition) is 7. The number of carbonyl (C=O) groups is 1. The van der Waals surface area contributed by atoms with Gasteiger partial charge in [0, 0.05) is 30.1 Å². The van der Waals surface area contributed by atoms with Crippen molar-refractivity contribution in [2.75, 3.05) is 27.3 Å². The molecule has 7 nitrogen and oxygen atoms in total. The molecule has 0 spiro atoms. The van der Waals surface area contributed by atoms with Crippen LogP contribution in [0.15, 0.2) is 47.0 Å². The van der Waals surface area contributed by atoms with Gasteiger partial charge in [-0.25, -0.2) is 4.98 Å².